The highest BCUT2D eigenvalue weighted by atomic mass is 19.4. The van der Waals surface area contributed by atoms with Gasteiger partial charge in [0.05, 0.1) is 29.3 Å². The summed E-state index contributed by atoms with van der Waals surface area (Å²) < 4.78 is 40.2. The monoisotopic (exact) mass is 521 g/mol. The predicted molar refractivity (Wildman–Crippen MR) is 137 cm³/mol. The smallest absolute Gasteiger partial charge is 0.390 e. The molecule has 0 spiro atoms. The van der Waals surface area contributed by atoms with Crippen molar-refractivity contribution in [3.8, 4) is 0 Å². The van der Waals surface area contributed by atoms with Crippen molar-refractivity contribution in [2.24, 2.45) is 11.7 Å². The zero-order valence-corrected chi connectivity index (χ0v) is 21.7. The minimum absolute atomic E-state index is 0.0880. The summed E-state index contributed by atoms with van der Waals surface area (Å²) in [6, 6.07) is 3.69. The number of alkyl halides is 3. The van der Waals surface area contributed by atoms with E-state index in [1.807, 2.05) is 0 Å². The minimum Gasteiger partial charge on any atom is -0.390 e. The first kappa shape index (κ1) is 27.6. The van der Waals surface area contributed by atoms with Gasteiger partial charge in [-0.1, -0.05) is 26.7 Å². The Morgan fingerprint density at radius 1 is 1.11 bits per heavy atom. The number of halogens is 3. The van der Waals surface area contributed by atoms with Crippen molar-refractivity contribution in [1.29, 1.82) is 0 Å². The van der Waals surface area contributed by atoms with E-state index >= 15 is 0 Å². The zero-order valence-electron chi connectivity index (χ0n) is 21.7. The second-order valence-electron chi connectivity index (χ2n) is 10.7. The summed E-state index contributed by atoms with van der Waals surface area (Å²) >= 11 is 0. The molecule has 1 aromatic carbocycles. The van der Waals surface area contributed by atoms with Gasteiger partial charge in [0.1, 0.15) is 12.1 Å². The number of carbonyl (C=O) groups excluding carboxylic acids is 1. The van der Waals surface area contributed by atoms with Crippen LogP contribution in [0.4, 0.5) is 19.0 Å². The topological polar surface area (TPSA) is 95.6 Å². The molecule has 0 unspecified atom stereocenters. The number of anilines is 1. The van der Waals surface area contributed by atoms with E-state index in [2.05, 4.69) is 28.7 Å². The number of nitrogens with two attached hydrogens (primary N) is 1. The van der Waals surface area contributed by atoms with Gasteiger partial charge in [-0.15, -0.1) is 0 Å². The number of primary amides is 1. The molecule has 0 atom stereocenters. The maximum Gasteiger partial charge on any atom is 0.416 e. The fourth-order valence-corrected chi connectivity index (χ4v) is 6.35. The first-order valence-corrected chi connectivity index (χ1v) is 13.4. The first-order chi connectivity index (χ1) is 17.6. The molecule has 0 bridgehead atoms. The van der Waals surface area contributed by atoms with E-state index in [1.54, 1.807) is 4.90 Å². The van der Waals surface area contributed by atoms with E-state index < -0.39 is 23.2 Å². The van der Waals surface area contributed by atoms with Gasteiger partial charge in [0.25, 0.3) is 0 Å². The zero-order chi connectivity index (χ0) is 26.8. The number of hydrogen-bond donors (Lipinski definition) is 2. The molecule has 1 aliphatic carbocycles. The van der Waals surface area contributed by atoms with E-state index in [9.17, 15) is 23.1 Å². The van der Waals surface area contributed by atoms with Crippen molar-refractivity contribution in [2.45, 2.75) is 89.1 Å². The van der Waals surface area contributed by atoms with Crippen LogP contribution in [0.3, 0.4) is 0 Å². The lowest BCUT2D eigenvalue weighted by molar-refractivity contribution is -0.137. The van der Waals surface area contributed by atoms with Crippen LogP contribution in [0.15, 0.2) is 24.5 Å². The summed E-state index contributed by atoms with van der Waals surface area (Å²) in [6.07, 6.45) is 4.44. The lowest BCUT2D eigenvalue weighted by atomic mass is 9.71. The largest absolute Gasteiger partial charge is 0.416 e. The van der Waals surface area contributed by atoms with Crippen molar-refractivity contribution < 1.29 is 23.1 Å². The van der Waals surface area contributed by atoms with Gasteiger partial charge < -0.3 is 15.7 Å². The Bertz CT molecular complexity index is 1080. The molecule has 0 radical (unpaired) electrons. The molecule has 4 rings (SSSR count). The predicted octanol–water partition coefficient (Wildman–Crippen LogP) is 4.51. The fraction of sp³-hybridized carbons (Fsp3) is 0.667. The van der Waals surface area contributed by atoms with Crippen LogP contribution >= 0.6 is 0 Å². The molecule has 1 aromatic heterocycles. The van der Waals surface area contributed by atoms with Crippen LogP contribution < -0.4 is 10.6 Å². The lowest BCUT2D eigenvalue weighted by Crippen LogP contribution is -2.64. The third-order valence-electron chi connectivity index (χ3n) is 8.21. The second-order valence-corrected chi connectivity index (χ2v) is 10.7. The molecule has 2 aromatic rings. The molecule has 2 heterocycles. The number of amides is 1. The molecule has 204 valence electrons. The summed E-state index contributed by atoms with van der Waals surface area (Å²) in [5.41, 5.74) is 4.55. The standard InChI is InChI=1S/C27H38F3N5O2/c1-3-11-26(37,12-4-2)18-5-8-20(9-6-18)34-14-21(15-34)35(16-24(31)36)25-22-13-19(27(28,29)30)7-10-23(22)32-17-33-25/h7,10,13,17-18,20-21,37H,3-6,8-9,11-12,14-16H2,1-2H3,(H2,31,36). The fourth-order valence-electron chi connectivity index (χ4n) is 6.35. The van der Waals surface area contributed by atoms with Crippen LogP contribution in [0.1, 0.15) is 70.8 Å². The van der Waals surface area contributed by atoms with Gasteiger partial charge in [0.2, 0.25) is 5.91 Å². The first-order valence-electron chi connectivity index (χ1n) is 13.4. The van der Waals surface area contributed by atoms with Crippen molar-refractivity contribution in [3.63, 3.8) is 0 Å². The molecule has 2 fully saturated rings. The molecule has 3 N–H and O–H groups in total. The van der Waals surface area contributed by atoms with E-state index in [-0.39, 0.29) is 18.0 Å². The van der Waals surface area contributed by atoms with E-state index in [4.69, 9.17) is 5.73 Å². The van der Waals surface area contributed by atoms with E-state index in [0.717, 1.165) is 63.5 Å². The molecular weight excluding hydrogens is 483 g/mol. The molecule has 1 amide bonds. The Kier molecular flexibility index (Phi) is 8.28. The summed E-state index contributed by atoms with van der Waals surface area (Å²) in [6.45, 7) is 5.47. The molecule has 1 saturated heterocycles. The second kappa shape index (κ2) is 11.1. The number of carbonyl (C=O) groups is 1. The maximum absolute atomic E-state index is 13.4. The van der Waals surface area contributed by atoms with Crippen LogP contribution in [0.5, 0.6) is 0 Å². The highest BCUT2D eigenvalue weighted by Gasteiger charge is 2.42. The van der Waals surface area contributed by atoms with E-state index in [1.165, 1.54) is 12.4 Å². The normalized spacial score (nSPS) is 21.7. The van der Waals surface area contributed by atoms with Gasteiger partial charge in [-0.2, -0.15) is 13.2 Å². The maximum atomic E-state index is 13.4. The number of fused-ring (bicyclic) bond motifs is 1. The Hall–Kier alpha value is -2.46. The molecule has 2 aliphatic rings. The third-order valence-corrected chi connectivity index (χ3v) is 8.21. The number of aromatic nitrogens is 2. The number of nitrogens with zero attached hydrogens (tertiary/aromatic N) is 4. The van der Waals surface area contributed by atoms with Gasteiger partial charge >= 0.3 is 6.18 Å². The average molecular weight is 522 g/mol. The van der Waals surface area contributed by atoms with Gasteiger partial charge in [-0.25, -0.2) is 9.97 Å². The van der Waals surface area contributed by atoms with Crippen molar-refractivity contribution in [2.75, 3.05) is 24.5 Å². The highest BCUT2D eigenvalue weighted by molar-refractivity contribution is 5.92. The Labute approximate surface area is 216 Å². The molecule has 1 saturated carbocycles. The van der Waals surface area contributed by atoms with Gasteiger partial charge in [0.15, 0.2) is 0 Å². The molecular formula is C27H38F3N5O2. The molecule has 10 heteroatoms. The highest BCUT2D eigenvalue weighted by Crippen LogP contribution is 2.41. The average Bonchev–Trinajstić information content (AvgIpc) is 2.81. The van der Waals surface area contributed by atoms with Crippen LogP contribution in [0, 0.1) is 5.92 Å². The Morgan fingerprint density at radius 2 is 1.76 bits per heavy atom. The van der Waals surface area contributed by atoms with Gasteiger partial charge in [-0.05, 0) is 62.6 Å². The van der Waals surface area contributed by atoms with Crippen molar-refractivity contribution >= 4 is 22.6 Å². The van der Waals surface area contributed by atoms with Gasteiger partial charge in [-0.3, -0.25) is 9.69 Å². The number of benzene rings is 1. The molecule has 37 heavy (non-hydrogen) atoms. The Morgan fingerprint density at radius 3 is 2.32 bits per heavy atom. The molecule has 1 aliphatic heterocycles. The number of aliphatic hydroxyl groups is 1. The van der Waals surface area contributed by atoms with Crippen LogP contribution in [0.2, 0.25) is 0 Å². The van der Waals surface area contributed by atoms with E-state index in [0.29, 0.717) is 36.4 Å². The van der Waals surface area contributed by atoms with Crippen molar-refractivity contribution in [3.05, 3.63) is 30.1 Å². The number of likely N-dealkylation sites (tertiary alicyclic amines) is 1. The minimum atomic E-state index is -4.50. The van der Waals surface area contributed by atoms with Crippen LogP contribution in [0.25, 0.3) is 10.9 Å². The SMILES string of the molecule is CCCC(O)(CCC)C1CCC(N2CC(N(CC(N)=O)c3ncnc4ccc(C(F)(F)F)cc34)C2)CC1. The third kappa shape index (κ3) is 6.00. The van der Waals surface area contributed by atoms with Crippen LogP contribution in [-0.4, -0.2) is 63.2 Å². The quantitative estimate of drug-likeness (QED) is 0.478. The van der Waals surface area contributed by atoms with Gasteiger partial charge in [0, 0.05) is 24.5 Å². The number of hydrogen-bond acceptors (Lipinski definition) is 6. The summed E-state index contributed by atoms with van der Waals surface area (Å²) in [5, 5.41) is 11.5. The summed E-state index contributed by atoms with van der Waals surface area (Å²) in [7, 11) is 0. The lowest BCUT2D eigenvalue weighted by Gasteiger charge is -2.51. The van der Waals surface area contributed by atoms with Crippen LogP contribution in [-0.2, 0) is 11.0 Å². The summed E-state index contributed by atoms with van der Waals surface area (Å²) in [4.78, 5) is 24.4. The van der Waals surface area contributed by atoms with Crippen molar-refractivity contribution in [1.82, 2.24) is 14.9 Å². The Balaban J connectivity index is 1.46. The molecule has 7 nitrogen and oxygen atoms in total. The number of rotatable bonds is 10. The summed E-state index contributed by atoms with van der Waals surface area (Å²) in [5.74, 6) is 0.0542.